The predicted octanol–water partition coefficient (Wildman–Crippen LogP) is 2.60. The summed E-state index contributed by atoms with van der Waals surface area (Å²) in [6.07, 6.45) is 5.10. The Kier molecular flexibility index (Phi) is 6.67. The molecule has 3 rings (SSSR count). The number of rotatable bonds is 6. The number of fused-ring (bicyclic) bond motifs is 1. The zero-order valence-electron chi connectivity index (χ0n) is 17.4. The highest BCUT2D eigenvalue weighted by atomic mass is 16.2. The number of amides is 2. The van der Waals surface area contributed by atoms with Crippen molar-refractivity contribution in [2.75, 3.05) is 7.05 Å². The number of carbonyl (C=O) groups is 2. The van der Waals surface area contributed by atoms with Crippen LogP contribution in [0.5, 0.6) is 0 Å². The quantitative estimate of drug-likeness (QED) is 0.782. The first-order valence-electron chi connectivity index (χ1n) is 10.4. The van der Waals surface area contributed by atoms with Crippen molar-refractivity contribution < 1.29 is 9.59 Å². The van der Waals surface area contributed by atoms with Gasteiger partial charge in [0.2, 0.25) is 11.8 Å². The third-order valence-electron chi connectivity index (χ3n) is 5.63. The molecule has 1 atom stereocenters. The number of benzene rings is 1. The van der Waals surface area contributed by atoms with E-state index in [9.17, 15) is 14.4 Å². The van der Waals surface area contributed by atoms with E-state index in [0.29, 0.717) is 16.7 Å². The molecule has 1 aliphatic rings. The molecule has 1 saturated carbocycles. The first kappa shape index (κ1) is 21.0. The van der Waals surface area contributed by atoms with Crippen molar-refractivity contribution >= 4 is 22.7 Å². The second-order valence-electron chi connectivity index (χ2n) is 8.29. The summed E-state index contributed by atoms with van der Waals surface area (Å²) in [5, 5.41) is 3.49. The van der Waals surface area contributed by atoms with Crippen molar-refractivity contribution in [3.05, 3.63) is 40.4 Å². The van der Waals surface area contributed by atoms with E-state index in [1.807, 2.05) is 19.9 Å². The maximum atomic E-state index is 13.0. The van der Waals surface area contributed by atoms with Crippen molar-refractivity contribution in [2.45, 2.75) is 58.5 Å². The van der Waals surface area contributed by atoms with E-state index >= 15 is 0 Å². The third kappa shape index (κ3) is 5.02. The van der Waals surface area contributed by atoms with Gasteiger partial charge in [0.1, 0.15) is 11.9 Å². The Bertz CT molecular complexity index is 931. The van der Waals surface area contributed by atoms with Gasteiger partial charge in [0, 0.05) is 13.0 Å². The van der Waals surface area contributed by atoms with Gasteiger partial charge in [0.15, 0.2) is 0 Å². The van der Waals surface area contributed by atoms with Crippen molar-refractivity contribution in [1.82, 2.24) is 20.2 Å². The van der Waals surface area contributed by atoms with Gasteiger partial charge in [-0.25, -0.2) is 4.98 Å². The second kappa shape index (κ2) is 9.20. The summed E-state index contributed by atoms with van der Waals surface area (Å²) >= 11 is 0. The number of carbonyl (C=O) groups excluding carboxylic acids is 2. The SMILES string of the molecule is CC(C)[C@@H](NC(=O)C1CCCCC1)C(=O)N(C)Cc1nc2ccccc2c(=O)[nH]1. The smallest absolute Gasteiger partial charge is 0.258 e. The number of aromatic nitrogens is 2. The van der Waals surface area contributed by atoms with E-state index in [4.69, 9.17) is 0 Å². The summed E-state index contributed by atoms with van der Waals surface area (Å²) in [7, 11) is 1.67. The standard InChI is InChI=1S/C22H30N4O3/c1-14(2)19(25-20(27)15-9-5-4-6-10-15)22(29)26(3)13-18-23-17-12-8-7-11-16(17)21(28)24-18/h7-8,11-12,14-15,19H,4-6,9-10,13H2,1-3H3,(H,25,27)(H,23,24,28)/t19-/m1/s1. The average molecular weight is 399 g/mol. The predicted molar refractivity (Wildman–Crippen MR) is 112 cm³/mol. The van der Waals surface area contributed by atoms with E-state index < -0.39 is 6.04 Å². The van der Waals surface area contributed by atoms with Crippen LogP contribution >= 0.6 is 0 Å². The highest BCUT2D eigenvalue weighted by molar-refractivity contribution is 5.88. The topological polar surface area (TPSA) is 95.2 Å². The van der Waals surface area contributed by atoms with E-state index in [0.717, 1.165) is 25.7 Å². The van der Waals surface area contributed by atoms with E-state index in [1.165, 1.54) is 11.3 Å². The van der Waals surface area contributed by atoms with Crippen LogP contribution in [0, 0.1) is 11.8 Å². The molecule has 2 aromatic rings. The van der Waals surface area contributed by atoms with Crippen LogP contribution in [0.25, 0.3) is 10.9 Å². The Labute approximate surface area is 170 Å². The second-order valence-corrected chi connectivity index (χ2v) is 8.29. The van der Waals surface area contributed by atoms with Crippen molar-refractivity contribution in [3.8, 4) is 0 Å². The monoisotopic (exact) mass is 398 g/mol. The van der Waals surface area contributed by atoms with Crippen LogP contribution < -0.4 is 10.9 Å². The normalized spacial score (nSPS) is 16.0. The number of aromatic amines is 1. The Morgan fingerprint density at radius 3 is 2.59 bits per heavy atom. The first-order valence-corrected chi connectivity index (χ1v) is 10.4. The van der Waals surface area contributed by atoms with Crippen molar-refractivity contribution in [3.63, 3.8) is 0 Å². The number of H-pyrrole nitrogens is 1. The zero-order chi connectivity index (χ0) is 21.0. The largest absolute Gasteiger partial charge is 0.344 e. The van der Waals surface area contributed by atoms with Crippen LogP contribution in [0.15, 0.2) is 29.1 Å². The van der Waals surface area contributed by atoms with Gasteiger partial charge in [-0.3, -0.25) is 14.4 Å². The van der Waals surface area contributed by atoms with Gasteiger partial charge in [0.25, 0.3) is 5.56 Å². The molecule has 0 bridgehead atoms. The van der Waals surface area contributed by atoms with Crippen molar-refractivity contribution in [1.29, 1.82) is 0 Å². The fourth-order valence-electron chi connectivity index (χ4n) is 3.90. The molecule has 1 aromatic carbocycles. The van der Waals surface area contributed by atoms with Gasteiger partial charge in [0.05, 0.1) is 17.4 Å². The van der Waals surface area contributed by atoms with Crippen LogP contribution in [-0.2, 0) is 16.1 Å². The van der Waals surface area contributed by atoms with Crippen LogP contribution in [-0.4, -0.2) is 39.8 Å². The number of para-hydroxylation sites is 1. The fraction of sp³-hybridized carbons (Fsp3) is 0.545. The molecule has 156 valence electrons. The molecular weight excluding hydrogens is 368 g/mol. The van der Waals surface area contributed by atoms with Gasteiger partial charge in [-0.1, -0.05) is 45.2 Å². The van der Waals surface area contributed by atoms with Gasteiger partial charge < -0.3 is 15.2 Å². The molecule has 0 saturated heterocycles. The highest BCUT2D eigenvalue weighted by Gasteiger charge is 2.30. The molecule has 0 unspecified atom stereocenters. The van der Waals surface area contributed by atoms with Gasteiger partial charge in [-0.15, -0.1) is 0 Å². The lowest BCUT2D eigenvalue weighted by molar-refractivity contribution is -0.138. The highest BCUT2D eigenvalue weighted by Crippen LogP contribution is 2.24. The number of likely N-dealkylation sites (N-methyl/N-ethyl adjacent to an activating group) is 1. The third-order valence-corrected chi connectivity index (χ3v) is 5.63. The summed E-state index contributed by atoms with van der Waals surface area (Å²) in [4.78, 5) is 46.7. The molecule has 0 aliphatic heterocycles. The maximum Gasteiger partial charge on any atom is 0.258 e. The molecule has 0 spiro atoms. The lowest BCUT2D eigenvalue weighted by atomic mass is 9.88. The minimum absolute atomic E-state index is 0.00150. The molecular formula is C22H30N4O3. The molecule has 1 aliphatic carbocycles. The number of nitrogens with one attached hydrogen (secondary N) is 2. The van der Waals surface area contributed by atoms with Crippen molar-refractivity contribution in [2.24, 2.45) is 11.8 Å². The van der Waals surface area contributed by atoms with Gasteiger partial charge >= 0.3 is 0 Å². The molecule has 29 heavy (non-hydrogen) atoms. The molecule has 1 aromatic heterocycles. The Balaban J connectivity index is 1.71. The minimum Gasteiger partial charge on any atom is -0.344 e. The number of nitrogens with zero attached hydrogens (tertiary/aromatic N) is 2. The summed E-state index contributed by atoms with van der Waals surface area (Å²) in [6.45, 7) is 4.02. The number of hydrogen-bond acceptors (Lipinski definition) is 4. The molecule has 0 radical (unpaired) electrons. The lowest BCUT2D eigenvalue weighted by Crippen LogP contribution is -2.51. The van der Waals surface area contributed by atoms with Crippen LogP contribution in [0.1, 0.15) is 51.8 Å². The summed E-state index contributed by atoms with van der Waals surface area (Å²) in [5.41, 5.74) is 0.371. The molecule has 2 N–H and O–H groups in total. The molecule has 1 fully saturated rings. The first-order chi connectivity index (χ1) is 13.9. The van der Waals surface area contributed by atoms with Crippen LogP contribution in [0.4, 0.5) is 0 Å². The Hall–Kier alpha value is -2.70. The molecule has 7 heteroatoms. The van der Waals surface area contributed by atoms with Gasteiger partial charge in [-0.05, 0) is 30.9 Å². The van der Waals surface area contributed by atoms with E-state index in [1.54, 1.807) is 25.2 Å². The van der Waals surface area contributed by atoms with E-state index in [-0.39, 0.29) is 35.8 Å². The molecule has 1 heterocycles. The minimum atomic E-state index is -0.596. The van der Waals surface area contributed by atoms with Crippen LogP contribution in [0.2, 0.25) is 0 Å². The fourth-order valence-corrected chi connectivity index (χ4v) is 3.90. The summed E-state index contributed by atoms with van der Waals surface area (Å²) < 4.78 is 0. The van der Waals surface area contributed by atoms with Crippen LogP contribution in [0.3, 0.4) is 0 Å². The maximum absolute atomic E-state index is 13.0. The average Bonchev–Trinajstić information content (AvgIpc) is 2.71. The summed E-state index contributed by atoms with van der Waals surface area (Å²) in [5.74, 6) is 0.177. The zero-order valence-corrected chi connectivity index (χ0v) is 17.4. The van der Waals surface area contributed by atoms with E-state index in [2.05, 4.69) is 15.3 Å². The Morgan fingerprint density at radius 1 is 1.21 bits per heavy atom. The summed E-state index contributed by atoms with van der Waals surface area (Å²) in [6, 6.07) is 6.51. The molecule has 2 amide bonds. The lowest BCUT2D eigenvalue weighted by Gasteiger charge is -2.29. The molecule has 7 nitrogen and oxygen atoms in total. The Morgan fingerprint density at radius 2 is 1.90 bits per heavy atom. The number of hydrogen-bond donors (Lipinski definition) is 2. The van der Waals surface area contributed by atoms with Gasteiger partial charge in [-0.2, -0.15) is 0 Å².